The second-order valence-corrected chi connectivity index (χ2v) is 5.64. The fourth-order valence-corrected chi connectivity index (χ4v) is 3.10. The third kappa shape index (κ3) is 1.80. The monoisotopic (exact) mass is 275 g/mol. The summed E-state index contributed by atoms with van der Waals surface area (Å²) in [4.78, 5) is 16.6. The molecule has 0 fully saturated rings. The van der Waals surface area contributed by atoms with E-state index in [1.807, 2.05) is 37.3 Å². The van der Waals surface area contributed by atoms with Crippen LogP contribution in [0.25, 0.3) is 15.8 Å². The molecule has 3 rings (SSSR count). The number of fused-ring (bicyclic) bond motifs is 1. The largest absolute Gasteiger partial charge is 0.288 e. The van der Waals surface area contributed by atoms with Gasteiger partial charge in [0.25, 0.3) is 0 Å². The molecule has 1 aromatic heterocycles. The van der Waals surface area contributed by atoms with E-state index in [-0.39, 0.29) is 5.78 Å². The van der Waals surface area contributed by atoms with E-state index in [0.29, 0.717) is 10.6 Å². The first-order valence-electron chi connectivity index (χ1n) is 5.63. The van der Waals surface area contributed by atoms with Crippen LogP contribution in [-0.2, 0) is 4.79 Å². The summed E-state index contributed by atoms with van der Waals surface area (Å²) in [6.45, 7) is 1.88. The number of nitrogens with zero attached hydrogens (tertiary/aromatic N) is 1. The van der Waals surface area contributed by atoms with Crippen LogP contribution in [0.4, 0.5) is 0 Å². The van der Waals surface area contributed by atoms with E-state index < -0.39 is 0 Å². The number of Topliss-reactive ketones (excluding diaryl/α,β-unsaturated/α-hetero) is 1. The number of ketones is 1. The highest BCUT2D eigenvalue weighted by atomic mass is 35.5. The van der Waals surface area contributed by atoms with Gasteiger partial charge in [0.2, 0.25) is 5.78 Å². The maximum atomic E-state index is 12.1. The van der Waals surface area contributed by atoms with Gasteiger partial charge in [0.05, 0.1) is 20.8 Å². The van der Waals surface area contributed by atoms with Crippen molar-refractivity contribution >= 4 is 44.5 Å². The number of carbonyl (C=O) groups excluding carboxylic acids is 1. The summed E-state index contributed by atoms with van der Waals surface area (Å²) >= 11 is 7.56. The third-order valence-electron chi connectivity index (χ3n) is 2.96. The first-order chi connectivity index (χ1) is 8.66. The standard InChI is InChI=1S/C14H10ClNOS/c1-8-6-7-9(13(17)12(8)15)14-16-10-4-2-3-5-11(10)18-14/h2-5,7H,6H2,1H3. The minimum absolute atomic E-state index is 0.112. The number of rotatable bonds is 1. The molecule has 0 unspecified atom stereocenters. The van der Waals surface area contributed by atoms with Gasteiger partial charge in [0.15, 0.2) is 0 Å². The highest BCUT2D eigenvalue weighted by Gasteiger charge is 2.23. The third-order valence-corrected chi connectivity index (χ3v) is 4.52. The molecule has 90 valence electrons. The van der Waals surface area contributed by atoms with Gasteiger partial charge in [-0.05, 0) is 31.1 Å². The van der Waals surface area contributed by atoms with Crippen molar-refractivity contribution < 1.29 is 4.79 Å². The Morgan fingerprint density at radius 3 is 2.89 bits per heavy atom. The van der Waals surface area contributed by atoms with Crippen LogP contribution in [0.5, 0.6) is 0 Å². The molecule has 0 atom stereocenters. The minimum atomic E-state index is -0.112. The van der Waals surface area contributed by atoms with Gasteiger partial charge in [-0.15, -0.1) is 11.3 Å². The number of hydrogen-bond acceptors (Lipinski definition) is 3. The maximum Gasteiger partial charge on any atom is 0.207 e. The van der Waals surface area contributed by atoms with Gasteiger partial charge >= 0.3 is 0 Å². The summed E-state index contributed by atoms with van der Waals surface area (Å²) in [5.41, 5.74) is 2.48. The van der Waals surface area contributed by atoms with E-state index in [2.05, 4.69) is 4.98 Å². The summed E-state index contributed by atoms with van der Waals surface area (Å²) in [6.07, 6.45) is 2.64. The van der Waals surface area contributed by atoms with Gasteiger partial charge in [-0.25, -0.2) is 4.98 Å². The van der Waals surface area contributed by atoms with Crippen molar-refractivity contribution in [1.29, 1.82) is 0 Å². The van der Waals surface area contributed by atoms with E-state index in [4.69, 9.17) is 11.6 Å². The average Bonchev–Trinajstić information content (AvgIpc) is 2.79. The van der Waals surface area contributed by atoms with E-state index in [1.54, 1.807) is 0 Å². The predicted molar refractivity (Wildman–Crippen MR) is 75.8 cm³/mol. The van der Waals surface area contributed by atoms with Crippen molar-refractivity contribution in [2.45, 2.75) is 13.3 Å². The van der Waals surface area contributed by atoms with Gasteiger partial charge < -0.3 is 0 Å². The summed E-state index contributed by atoms with van der Waals surface area (Å²) in [7, 11) is 0. The number of aromatic nitrogens is 1. The molecule has 4 heteroatoms. The van der Waals surface area contributed by atoms with E-state index in [0.717, 1.165) is 27.2 Å². The molecule has 0 bridgehead atoms. The van der Waals surface area contributed by atoms with Gasteiger partial charge in [-0.3, -0.25) is 4.79 Å². The number of thiazole rings is 1. The Hall–Kier alpha value is -1.45. The zero-order chi connectivity index (χ0) is 12.7. The molecule has 1 aromatic carbocycles. The molecule has 0 saturated heterocycles. The zero-order valence-corrected chi connectivity index (χ0v) is 11.3. The fraction of sp³-hybridized carbons (Fsp3) is 0.143. The van der Waals surface area contributed by atoms with Crippen LogP contribution in [0, 0.1) is 0 Å². The minimum Gasteiger partial charge on any atom is -0.288 e. The molecule has 18 heavy (non-hydrogen) atoms. The SMILES string of the molecule is CC1=C(Cl)C(=O)C(c2nc3ccccc3s2)=CC1. The molecule has 2 nitrogen and oxygen atoms in total. The number of hydrogen-bond donors (Lipinski definition) is 0. The van der Waals surface area contributed by atoms with E-state index in [9.17, 15) is 4.79 Å². The van der Waals surface area contributed by atoms with Crippen LogP contribution in [0.2, 0.25) is 0 Å². The Bertz CT molecular complexity index is 678. The summed E-state index contributed by atoms with van der Waals surface area (Å²) in [5, 5.41) is 1.10. The molecule has 0 radical (unpaired) electrons. The number of para-hydroxylation sites is 1. The topological polar surface area (TPSA) is 30.0 Å². The predicted octanol–water partition coefficient (Wildman–Crippen LogP) is 4.17. The number of halogens is 1. The van der Waals surface area contributed by atoms with Crippen molar-refractivity contribution in [1.82, 2.24) is 4.98 Å². The Morgan fingerprint density at radius 2 is 2.11 bits per heavy atom. The van der Waals surface area contributed by atoms with E-state index >= 15 is 0 Å². The lowest BCUT2D eigenvalue weighted by Crippen LogP contribution is -2.07. The van der Waals surface area contributed by atoms with Gasteiger partial charge in [0.1, 0.15) is 5.01 Å². The van der Waals surface area contributed by atoms with Gasteiger partial charge in [-0.2, -0.15) is 0 Å². The summed E-state index contributed by atoms with van der Waals surface area (Å²) in [5.74, 6) is -0.112. The number of allylic oxidation sites excluding steroid dienone is 4. The van der Waals surface area contributed by atoms with E-state index in [1.165, 1.54) is 11.3 Å². The van der Waals surface area contributed by atoms with Gasteiger partial charge in [-0.1, -0.05) is 29.8 Å². The lowest BCUT2D eigenvalue weighted by Gasteiger charge is -2.11. The molecule has 1 aliphatic carbocycles. The normalized spacial score (nSPS) is 16.3. The van der Waals surface area contributed by atoms with Crippen molar-refractivity contribution in [2.24, 2.45) is 0 Å². The second kappa shape index (κ2) is 4.34. The molecule has 1 aliphatic rings. The first kappa shape index (κ1) is 11.6. The molecule has 0 saturated carbocycles. The van der Waals surface area contributed by atoms with Crippen LogP contribution >= 0.6 is 22.9 Å². The molecule has 2 aromatic rings. The Balaban J connectivity index is 2.08. The first-order valence-corrected chi connectivity index (χ1v) is 6.82. The van der Waals surface area contributed by atoms with Crippen LogP contribution in [-0.4, -0.2) is 10.8 Å². The number of carbonyl (C=O) groups is 1. The average molecular weight is 276 g/mol. The molecule has 0 N–H and O–H groups in total. The van der Waals surface area contributed by atoms with Gasteiger partial charge in [0, 0.05) is 0 Å². The molecular weight excluding hydrogens is 266 g/mol. The van der Waals surface area contributed by atoms with Crippen molar-refractivity contribution in [2.75, 3.05) is 0 Å². The quantitative estimate of drug-likeness (QED) is 0.782. The molecular formula is C14H10ClNOS. The second-order valence-electron chi connectivity index (χ2n) is 4.23. The molecule has 0 spiro atoms. The Labute approximate surface area is 114 Å². The van der Waals surface area contributed by atoms with Crippen molar-refractivity contribution in [3.05, 3.63) is 46.0 Å². The molecule has 1 heterocycles. The van der Waals surface area contributed by atoms with Crippen LogP contribution in [0.15, 0.2) is 40.9 Å². The molecule has 0 aliphatic heterocycles. The van der Waals surface area contributed by atoms with Crippen LogP contribution in [0.1, 0.15) is 18.4 Å². The smallest absolute Gasteiger partial charge is 0.207 e. The Morgan fingerprint density at radius 1 is 1.33 bits per heavy atom. The highest BCUT2D eigenvalue weighted by Crippen LogP contribution is 2.33. The maximum absolute atomic E-state index is 12.1. The fourth-order valence-electron chi connectivity index (χ4n) is 1.92. The highest BCUT2D eigenvalue weighted by molar-refractivity contribution is 7.19. The summed E-state index contributed by atoms with van der Waals surface area (Å²) in [6, 6.07) is 7.87. The van der Waals surface area contributed by atoms with Crippen LogP contribution in [0.3, 0.4) is 0 Å². The molecule has 0 amide bonds. The van der Waals surface area contributed by atoms with Crippen molar-refractivity contribution in [3.8, 4) is 0 Å². The summed E-state index contributed by atoms with van der Waals surface area (Å²) < 4.78 is 1.09. The van der Waals surface area contributed by atoms with Crippen LogP contribution < -0.4 is 0 Å². The van der Waals surface area contributed by atoms with Crippen molar-refractivity contribution in [3.63, 3.8) is 0 Å². The number of benzene rings is 1. The lowest BCUT2D eigenvalue weighted by molar-refractivity contribution is -0.110. The Kier molecular flexibility index (Phi) is 2.80. The zero-order valence-electron chi connectivity index (χ0n) is 9.74. The lowest BCUT2D eigenvalue weighted by atomic mass is 9.99.